The van der Waals surface area contributed by atoms with Crippen LogP contribution in [0.5, 0.6) is 0 Å². The van der Waals surface area contributed by atoms with E-state index in [1.54, 1.807) is 6.33 Å². The maximum Gasteiger partial charge on any atom is 0.158 e. The molecule has 3 N–H and O–H groups in total. The van der Waals surface area contributed by atoms with Gasteiger partial charge in [0, 0.05) is 5.25 Å². The van der Waals surface area contributed by atoms with Gasteiger partial charge in [-0.2, -0.15) is 0 Å². The molecule has 16 heavy (non-hydrogen) atoms. The SMILES string of the molecule is NNc1ncnc(SC2CCCCC2)c1Br. The Kier molecular flexibility index (Phi) is 4.43. The number of nitrogens with two attached hydrogens (primary N) is 1. The summed E-state index contributed by atoms with van der Waals surface area (Å²) in [6.45, 7) is 0. The molecule has 0 amide bonds. The van der Waals surface area contributed by atoms with Gasteiger partial charge in [0.1, 0.15) is 11.4 Å². The number of nitrogen functional groups attached to an aromatic ring is 1. The standard InChI is InChI=1S/C10H15BrN4S/c11-8-9(15-12)13-6-14-10(8)16-7-4-2-1-3-5-7/h6-7H,1-5,12H2,(H,13,14,15). The van der Waals surface area contributed by atoms with Crippen LogP contribution in [0.3, 0.4) is 0 Å². The average molecular weight is 303 g/mol. The Morgan fingerprint density at radius 3 is 2.75 bits per heavy atom. The quantitative estimate of drug-likeness (QED) is 0.510. The van der Waals surface area contributed by atoms with E-state index in [1.165, 1.54) is 32.1 Å². The third-order valence-corrected chi connectivity index (χ3v) is 5.08. The fourth-order valence-electron chi connectivity index (χ4n) is 1.88. The van der Waals surface area contributed by atoms with Crippen molar-refractivity contribution in [3.05, 3.63) is 10.8 Å². The van der Waals surface area contributed by atoms with Crippen molar-refractivity contribution in [2.75, 3.05) is 5.43 Å². The molecule has 0 unspecified atom stereocenters. The summed E-state index contributed by atoms with van der Waals surface area (Å²) in [5.74, 6) is 6.02. The molecular weight excluding hydrogens is 288 g/mol. The first-order valence-corrected chi connectivity index (χ1v) is 7.12. The van der Waals surface area contributed by atoms with Gasteiger partial charge < -0.3 is 5.43 Å². The maximum absolute atomic E-state index is 5.37. The van der Waals surface area contributed by atoms with E-state index in [9.17, 15) is 0 Å². The van der Waals surface area contributed by atoms with E-state index in [4.69, 9.17) is 5.84 Å². The van der Waals surface area contributed by atoms with E-state index in [0.717, 1.165) is 9.50 Å². The highest BCUT2D eigenvalue weighted by Crippen LogP contribution is 2.37. The van der Waals surface area contributed by atoms with Gasteiger partial charge in [0.15, 0.2) is 5.82 Å². The minimum Gasteiger partial charge on any atom is -0.307 e. The summed E-state index contributed by atoms with van der Waals surface area (Å²) in [5, 5.41) is 1.67. The summed E-state index contributed by atoms with van der Waals surface area (Å²) in [7, 11) is 0. The fourth-order valence-corrected chi connectivity index (χ4v) is 3.67. The monoisotopic (exact) mass is 302 g/mol. The van der Waals surface area contributed by atoms with Crippen molar-refractivity contribution >= 4 is 33.5 Å². The van der Waals surface area contributed by atoms with Crippen LogP contribution in [0.2, 0.25) is 0 Å². The zero-order valence-electron chi connectivity index (χ0n) is 8.95. The average Bonchev–Trinajstić information content (AvgIpc) is 2.33. The van der Waals surface area contributed by atoms with Gasteiger partial charge in [-0.3, -0.25) is 0 Å². The molecule has 1 heterocycles. The van der Waals surface area contributed by atoms with Crippen LogP contribution in [0.25, 0.3) is 0 Å². The van der Waals surface area contributed by atoms with Crippen molar-refractivity contribution in [2.24, 2.45) is 5.84 Å². The van der Waals surface area contributed by atoms with Gasteiger partial charge in [-0.05, 0) is 28.8 Å². The predicted octanol–water partition coefficient (Wildman–Crippen LogP) is 2.95. The number of hydrazine groups is 1. The van der Waals surface area contributed by atoms with Crippen molar-refractivity contribution in [2.45, 2.75) is 42.4 Å². The second kappa shape index (κ2) is 5.84. The second-order valence-corrected chi connectivity index (χ2v) is 5.95. The summed E-state index contributed by atoms with van der Waals surface area (Å²) < 4.78 is 0.869. The van der Waals surface area contributed by atoms with Crippen LogP contribution in [-0.4, -0.2) is 15.2 Å². The van der Waals surface area contributed by atoms with E-state index < -0.39 is 0 Å². The first-order valence-electron chi connectivity index (χ1n) is 5.45. The van der Waals surface area contributed by atoms with E-state index in [0.29, 0.717) is 11.1 Å². The number of thioether (sulfide) groups is 1. The van der Waals surface area contributed by atoms with Gasteiger partial charge >= 0.3 is 0 Å². The molecule has 0 aromatic carbocycles. The van der Waals surface area contributed by atoms with Gasteiger partial charge in [-0.25, -0.2) is 15.8 Å². The Balaban J connectivity index is 2.08. The van der Waals surface area contributed by atoms with Gasteiger partial charge in [0.05, 0.1) is 4.47 Å². The molecular formula is C10H15BrN4S. The second-order valence-electron chi connectivity index (χ2n) is 3.86. The minimum absolute atomic E-state index is 0.647. The minimum atomic E-state index is 0.647. The summed E-state index contributed by atoms with van der Waals surface area (Å²) in [6.07, 6.45) is 8.16. The van der Waals surface area contributed by atoms with Crippen LogP contribution in [0.1, 0.15) is 32.1 Å². The van der Waals surface area contributed by atoms with Crippen LogP contribution in [-0.2, 0) is 0 Å². The Morgan fingerprint density at radius 1 is 1.31 bits per heavy atom. The van der Waals surface area contributed by atoms with Crippen molar-refractivity contribution < 1.29 is 0 Å². The molecule has 88 valence electrons. The molecule has 0 atom stereocenters. The first-order chi connectivity index (χ1) is 7.81. The van der Waals surface area contributed by atoms with Crippen LogP contribution in [0.4, 0.5) is 5.82 Å². The fraction of sp³-hybridized carbons (Fsp3) is 0.600. The molecule has 1 aromatic rings. The molecule has 1 saturated carbocycles. The number of nitrogens with one attached hydrogen (secondary N) is 1. The number of nitrogens with zero attached hydrogens (tertiary/aromatic N) is 2. The maximum atomic E-state index is 5.37. The lowest BCUT2D eigenvalue weighted by Gasteiger charge is -2.21. The summed E-state index contributed by atoms with van der Waals surface area (Å²) in [5.41, 5.74) is 2.56. The van der Waals surface area contributed by atoms with Crippen LogP contribution in [0, 0.1) is 0 Å². The van der Waals surface area contributed by atoms with Crippen molar-refractivity contribution in [3.63, 3.8) is 0 Å². The van der Waals surface area contributed by atoms with Gasteiger partial charge in [0.2, 0.25) is 0 Å². The van der Waals surface area contributed by atoms with Crippen molar-refractivity contribution in [1.29, 1.82) is 0 Å². The molecule has 1 aliphatic carbocycles. The number of aromatic nitrogens is 2. The molecule has 0 bridgehead atoms. The molecule has 0 saturated heterocycles. The zero-order valence-corrected chi connectivity index (χ0v) is 11.4. The van der Waals surface area contributed by atoms with Gasteiger partial charge in [-0.1, -0.05) is 19.3 Å². The topological polar surface area (TPSA) is 63.8 Å². The van der Waals surface area contributed by atoms with E-state index in [-0.39, 0.29) is 0 Å². The molecule has 2 rings (SSSR count). The molecule has 4 nitrogen and oxygen atoms in total. The highest BCUT2D eigenvalue weighted by molar-refractivity contribution is 9.10. The number of anilines is 1. The van der Waals surface area contributed by atoms with Crippen LogP contribution >= 0.6 is 27.7 Å². The van der Waals surface area contributed by atoms with Crippen LogP contribution in [0.15, 0.2) is 15.8 Å². The molecule has 1 fully saturated rings. The predicted molar refractivity (Wildman–Crippen MR) is 70.3 cm³/mol. The highest BCUT2D eigenvalue weighted by Gasteiger charge is 2.17. The Labute approximate surface area is 108 Å². The number of rotatable bonds is 3. The zero-order chi connectivity index (χ0) is 11.4. The lowest BCUT2D eigenvalue weighted by atomic mass is 10.0. The Bertz CT molecular complexity index is 355. The normalized spacial score (nSPS) is 17.4. The van der Waals surface area contributed by atoms with Crippen LogP contribution < -0.4 is 11.3 Å². The molecule has 0 aliphatic heterocycles. The largest absolute Gasteiger partial charge is 0.307 e. The third kappa shape index (κ3) is 2.87. The first kappa shape index (κ1) is 12.1. The molecule has 1 aromatic heterocycles. The molecule has 0 spiro atoms. The van der Waals surface area contributed by atoms with Crippen molar-refractivity contribution in [3.8, 4) is 0 Å². The lowest BCUT2D eigenvalue weighted by molar-refractivity contribution is 0.515. The van der Waals surface area contributed by atoms with Gasteiger partial charge in [0.25, 0.3) is 0 Å². The number of hydrogen-bond acceptors (Lipinski definition) is 5. The third-order valence-electron chi connectivity index (χ3n) is 2.72. The van der Waals surface area contributed by atoms with Crippen molar-refractivity contribution in [1.82, 2.24) is 9.97 Å². The lowest BCUT2D eigenvalue weighted by Crippen LogP contribution is -2.11. The Morgan fingerprint density at radius 2 is 2.06 bits per heavy atom. The number of hydrogen-bond donors (Lipinski definition) is 2. The van der Waals surface area contributed by atoms with Gasteiger partial charge in [-0.15, -0.1) is 11.8 Å². The summed E-state index contributed by atoms with van der Waals surface area (Å²) in [6, 6.07) is 0. The molecule has 6 heteroatoms. The molecule has 1 aliphatic rings. The summed E-state index contributed by atoms with van der Waals surface area (Å²) >= 11 is 5.31. The van der Waals surface area contributed by atoms with E-state index >= 15 is 0 Å². The molecule has 0 radical (unpaired) electrons. The van der Waals surface area contributed by atoms with E-state index in [2.05, 4.69) is 31.3 Å². The number of halogens is 1. The smallest absolute Gasteiger partial charge is 0.158 e. The summed E-state index contributed by atoms with van der Waals surface area (Å²) in [4.78, 5) is 8.33. The van der Waals surface area contributed by atoms with E-state index in [1.807, 2.05) is 11.8 Å². The highest BCUT2D eigenvalue weighted by atomic mass is 79.9. The Hall–Kier alpha value is -0.330.